The van der Waals surface area contributed by atoms with E-state index in [1.807, 2.05) is 19.1 Å². The van der Waals surface area contributed by atoms with Crippen molar-refractivity contribution in [1.82, 2.24) is 9.88 Å². The number of pyridine rings is 1. The van der Waals surface area contributed by atoms with Crippen LogP contribution in [-0.4, -0.2) is 27.1 Å². The minimum Gasteiger partial charge on any atom is -0.496 e. The third-order valence-corrected chi connectivity index (χ3v) is 4.20. The molecular weight excluding hydrogens is 327 g/mol. The van der Waals surface area contributed by atoms with Crippen LogP contribution in [0.2, 0.25) is 0 Å². The fourth-order valence-electron chi connectivity index (χ4n) is 2.70. The molecule has 6 heteroatoms. The van der Waals surface area contributed by atoms with E-state index in [2.05, 4.69) is 4.98 Å². The van der Waals surface area contributed by atoms with Crippen LogP contribution in [0, 0.1) is 5.82 Å². The van der Waals surface area contributed by atoms with Gasteiger partial charge in [-0.2, -0.15) is 0 Å². The molecule has 1 aromatic carbocycles. The molecule has 0 aliphatic rings. The van der Waals surface area contributed by atoms with Crippen LogP contribution in [0.25, 0.3) is 0 Å². The van der Waals surface area contributed by atoms with Crippen LogP contribution in [0.4, 0.5) is 4.39 Å². The molecule has 1 atom stereocenters. The van der Waals surface area contributed by atoms with E-state index < -0.39 is 11.5 Å². The number of hydrogen-bond donors (Lipinski definition) is 1. The van der Waals surface area contributed by atoms with Gasteiger partial charge in [0, 0.05) is 24.5 Å². The van der Waals surface area contributed by atoms with Gasteiger partial charge in [-0.15, -0.1) is 0 Å². The maximum atomic E-state index is 13.8. The lowest BCUT2D eigenvalue weighted by molar-refractivity contribution is -0.0848. The van der Waals surface area contributed by atoms with E-state index in [1.54, 1.807) is 24.2 Å². The predicted molar refractivity (Wildman–Crippen MR) is 95.2 cm³/mol. The normalized spacial score (nSPS) is 13.2. The smallest absolute Gasteiger partial charge is 0.168 e. The van der Waals surface area contributed by atoms with Gasteiger partial charge in [0.2, 0.25) is 0 Å². The molecule has 4 nitrogen and oxygen atoms in total. The molecule has 0 saturated heterocycles. The fraction of sp³-hybridized carbons (Fsp3) is 0.333. The molecule has 0 bridgehead atoms. The summed E-state index contributed by atoms with van der Waals surface area (Å²) in [5.41, 5.74) is -0.251. The second kappa shape index (κ2) is 7.68. The molecular formula is C18H21FN2O2S. The Kier molecular flexibility index (Phi) is 5.85. The summed E-state index contributed by atoms with van der Waals surface area (Å²) in [6.07, 6.45) is 3.70. The highest BCUT2D eigenvalue weighted by Gasteiger charge is 2.38. The van der Waals surface area contributed by atoms with Crippen molar-refractivity contribution in [3.05, 3.63) is 59.7 Å². The lowest BCUT2D eigenvalue weighted by Gasteiger charge is -2.41. The minimum absolute atomic E-state index is 0.307. The van der Waals surface area contributed by atoms with Gasteiger partial charge in [0.15, 0.2) is 5.72 Å². The molecule has 0 aliphatic carbocycles. The number of benzene rings is 1. The van der Waals surface area contributed by atoms with Crippen LogP contribution in [0.15, 0.2) is 42.7 Å². The summed E-state index contributed by atoms with van der Waals surface area (Å²) >= 11 is 5.35. The van der Waals surface area contributed by atoms with Crippen LogP contribution in [0.1, 0.15) is 31.4 Å². The Balaban J connectivity index is 2.52. The highest BCUT2D eigenvalue weighted by molar-refractivity contribution is 7.80. The average molecular weight is 348 g/mol. The Labute approximate surface area is 146 Å². The molecule has 0 amide bonds. The maximum Gasteiger partial charge on any atom is 0.168 e. The molecule has 2 rings (SSSR count). The lowest BCUT2D eigenvalue weighted by Crippen LogP contribution is -2.47. The Morgan fingerprint density at radius 2 is 2.17 bits per heavy atom. The fourth-order valence-corrected chi connectivity index (χ4v) is 2.91. The van der Waals surface area contributed by atoms with Gasteiger partial charge in [-0.05, 0) is 43.2 Å². The Hall–Kier alpha value is -2.05. The number of rotatable bonds is 6. The van der Waals surface area contributed by atoms with E-state index in [4.69, 9.17) is 17.0 Å². The highest BCUT2D eigenvalue weighted by Crippen LogP contribution is 2.37. The predicted octanol–water partition coefficient (Wildman–Crippen LogP) is 3.63. The van der Waals surface area contributed by atoms with Gasteiger partial charge < -0.3 is 14.7 Å². The summed E-state index contributed by atoms with van der Waals surface area (Å²) in [6.45, 7) is 3.91. The number of aromatic nitrogens is 1. The molecule has 1 heterocycles. The second-order valence-corrected chi connectivity index (χ2v) is 6.07. The first-order valence-electron chi connectivity index (χ1n) is 7.66. The number of ether oxygens (including phenoxy) is 1. The first-order chi connectivity index (χ1) is 11.4. The van der Waals surface area contributed by atoms with Gasteiger partial charge in [-0.1, -0.05) is 25.2 Å². The molecule has 24 heavy (non-hydrogen) atoms. The standard InChI is InChI=1S/C18H21FN2O2S/c1-4-18(22,16-10-15(19)7-8-17(16)23-3)21(13(2)24)12-14-6-5-9-20-11-14/h5-11,22H,4,12H2,1-3H3. The summed E-state index contributed by atoms with van der Waals surface area (Å²) in [5, 5.41) is 11.4. The van der Waals surface area contributed by atoms with Gasteiger partial charge in [-0.3, -0.25) is 4.98 Å². The molecule has 1 unspecified atom stereocenters. The molecule has 0 aliphatic heterocycles. The summed E-state index contributed by atoms with van der Waals surface area (Å²) in [7, 11) is 1.49. The minimum atomic E-state index is -1.49. The number of thiocarbonyl (C=S) groups is 1. The summed E-state index contributed by atoms with van der Waals surface area (Å²) in [6, 6.07) is 7.81. The zero-order valence-electron chi connectivity index (χ0n) is 14.0. The van der Waals surface area contributed by atoms with Gasteiger partial charge in [0.05, 0.1) is 12.1 Å². The molecule has 1 N–H and O–H groups in total. The number of hydrogen-bond acceptors (Lipinski definition) is 4. The Morgan fingerprint density at radius 1 is 1.42 bits per heavy atom. The van der Waals surface area contributed by atoms with E-state index in [9.17, 15) is 9.50 Å². The number of nitrogens with zero attached hydrogens (tertiary/aromatic N) is 2. The van der Waals surface area contributed by atoms with Gasteiger partial charge in [-0.25, -0.2) is 4.39 Å². The monoisotopic (exact) mass is 348 g/mol. The third kappa shape index (κ3) is 3.71. The van der Waals surface area contributed by atoms with E-state index >= 15 is 0 Å². The zero-order valence-corrected chi connectivity index (χ0v) is 14.8. The molecule has 0 radical (unpaired) electrons. The first kappa shape index (κ1) is 18.3. The van der Waals surface area contributed by atoms with Gasteiger partial charge in [0.1, 0.15) is 11.6 Å². The molecule has 0 fully saturated rings. The van der Waals surface area contributed by atoms with Crippen molar-refractivity contribution in [2.75, 3.05) is 7.11 Å². The third-order valence-electron chi connectivity index (χ3n) is 3.98. The van der Waals surface area contributed by atoms with Crippen LogP contribution >= 0.6 is 12.2 Å². The highest BCUT2D eigenvalue weighted by atomic mass is 32.1. The SMILES string of the molecule is CCC(O)(c1cc(F)ccc1OC)N(Cc1cccnc1)C(C)=S. The maximum absolute atomic E-state index is 13.8. The summed E-state index contributed by atoms with van der Waals surface area (Å²) in [4.78, 5) is 6.25. The van der Waals surface area contributed by atoms with Crippen molar-refractivity contribution in [3.8, 4) is 5.75 Å². The van der Waals surface area contributed by atoms with E-state index in [-0.39, 0.29) is 0 Å². The number of methoxy groups -OCH3 is 1. The molecule has 2 aromatic rings. The number of halogens is 1. The van der Waals surface area contributed by atoms with E-state index in [0.29, 0.717) is 29.3 Å². The Morgan fingerprint density at radius 3 is 2.71 bits per heavy atom. The lowest BCUT2D eigenvalue weighted by atomic mass is 9.96. The average Bonchev–Trinajstić information content (AvgIpc) is 2.59. The second-order valence-electron chi connectivity index (χ2n) is 5.48. The molecule has 1 aromatic heterocycles. The van der Waals surface area contributed by atoms with Crippen LogP contribution in [0.5, 0.6) is 5.75 Å². The largest absolute Gasteiger partial charge is 0.496 e. The van der Waals surface area contributed by atoms with Crippen molar-refractivity contribution in [1.29, 1.82) is 0 Å². The Bertz CT molecular complexity index is 711. The van der Waals surface area contributed by atoms with E-state index in [0.717, 1.165) is 5.56 Å². The van der Waals surface area contributed by atoms with E-state index in [1.165, 1.54) is 25.3 Å². The molecule has 0 saturated carbocycles. The van der Waals surface area contributed by atoms with Crippen LogP contribution < -0.4 is 4.74 Å². The van der Waals surface area contributed by atoms with Gasteiger partial charge >= 0.3 is 0 Å². The topological polar surface area (TPSA) is 45.6 Å². The van der Waals surface area contributed by atoms with Crippen LogP contribution in [-0.2, 0) is 12.3 Å². The summed E-state index contributed by atoms with van der Waals surface area (Å²) < 4.78 is 19.1. The quantitative estimate of drug-likeness (QED) is 0.638. The molecule has 0 spiro atoms. The number of aliphatic hydroxyl groups is 1. The van der Waals surface area contributed by atoms with Crippen LogP contribution in [0.3, 0.4) is 0 Å². The van der Waals surface area contributed by atoms with Gasteiger partial charge in [0.25, 0.3) is 0 Å². The van der Waals surface area contributed by atoms with Crippen molar-refractivity contribution in [2.24, 2.45) is 0 Å². The van der Waals surface area contributed by atoms with Crippen molar-refractivity contribution < 1.29 is 14.2 Å². The van der Waals surface area contributed by atoms with Crippen molar-refractivity contribution in [3.63, 3.8) is 0 Å². The molecule has 128 valence electrons. The van der Waals surface area contributed by atoms with Crippen molar-refractivity contribution >= 4 is 17.2 Å². The zero-order chi connectivity index (χ0) is 17.7. The first-order valence-corrected chi connectivity index (χ1v) is 8.06. The summed E-state index contributed by atoms with van der Waals surface area (Å²) in [5.74, 6) is -0.0331. The van der Waals surface area contributed by atoms with Crippen molar-refractivity contribution in [2.45, 2.75) is 32.5 Å².